The molecule has 3 nitrogen and oxygen atoms in total. The van der Waals surface area contributed by atoms with E-state index in [1.165, 1.54) is 0 Å². The van der Waals surface area contributed by atoms with Crippen LogP contribution in [0.5, 0.6) is 0 Å². The molecular weight excluding hydrogens is 154 g/mol. The maximum Gasteiger partial charge on any atom is 0.230 e. The first-order valence-corrected chi connectivity index (χ1v) is 4.62. The summed E-state index contributed by atoms with van der Waals surface area (Å²) in [5, 5.41) is 2.44. The van der Waals surface area contributed by atoms with Crippen LogP contribution < -0.4 is 5.32 Å². The molecule has 1 aliphatic heterocycles. The van der Waals surface area contributed by atoms with Gasteiger partial charge in [-0.1, -0.05) is 0 Å². The summed E-state index contributed by atoms with van der Waals surface area (Å²) in [6, 6.07) is 0. The maximum absolute atomic E-state index is 11.3. The van der Waals surface area contributed by atoms with Crippen LogP contribution in [-0.2, 0) is 9.59 Å². The van der Waals surface area contributed by atoms with Gasteiger partial charge >= 0.3 is 0 Å². The minimum Gasteiger partial charge on any atom is -0.296 e. The summed E-state index contributed by atoms with van der Waals surface area (Å²) in [4.78, 5) is 22.6. The highest BCUT2D eigenvalue weighted by Gasteiger charge is 2.57. The molecular formula is C9H11NO2. The molecule has 3 heteroatoms. The fourth-order valence-corrected chi connectivity index (χ4v) is 3.33. The topological polar surface area (TPSA) is 46.2 Å². The first-order valence-electron chi connectivity index (χ1n) is 4.62. The number of fused-ring (bicyclic) bond motifs is 5. The van der Waals surface area contributed by atoms with Crippen molar-refractivity contribution in [2.75, 3.05) is 0 Å². The van der Waals surface area contributed by atoms with Crippen LogP contribution in [0.2, 0.25) is 0 Å². The lowest BCUT2D eigenvalue weighted by atomic mass is 9.81. The van der Waals surface area contributed by atoms with Gasteiger partial charge in [0, 0.05) is 0 Å². The van der Waals surface area contributed by atoms with Crippen LogP contribution in [-0.4, -0.2) is 11.8 Å². The summed E-state index contributed by atoms with van der Waals surface area (Å²) >= 11 is 0. The van der Waals surface area contributed by atoms with Crippen LogP contribution in [0.3, 0.4) is 0 Å². The van der Waals surface area contributed by atoms with Gasteiger partial charge in [-0.15, -0.1) is 0 Å². The Morgan fingerprint density at radius 2 is 1.50 bits per heavy atom. The van der Waals surface area contributed by atoms with Crippen LogP contribution in [0.4, 0.5) is 0 Å². The number of hydrogen-bond donors (Lipinski definition) is 1. The highest BCUT2D eigenvalue weighted by molar-refractivity contribution is 6.05. The van der Waals surface area contributed by atoms with Gasteiger partial charge in [0.15, 0.2) is 0 Å². The molecule has 12 heavy (non-hydrogen) atoms. The van der Waals surface area contributed by atoms with Crippen molar-refractivity contribution in [1.82, 2.24) is 5.32 Å². The Hall–Kier alpha value is -0.860. The SMILES string of the molecule is O=C1NC(=O)[C@H]2[C@H]3CC[C@@H](C3)[C@H]12. The number of imide groups is 1. The zero-order valence-corrected chi connectivity index (χ0v) is 6.75. The summed E-state index contributed by atoms with van der Waals surface area (Å²) in [5.41, 5.74) is 0. The normalized spacial score (nSPS) is 49.7. The lowest BCUT2D eigenvalue weighted by Gasteiger charge is -2.19. The Labute approximate surface area is 70.5 Å². The molecule has 4 atom stereocenters. The molecule has 1 saturated heterocycles. The second-order valence-electron chi connectivity index (χ2n) is 4.24. The minimum absolute atomic E-state index is 0.00259. The second-order valence-corrected chi connectivity index (χ2v) is 4.24. The van der Waals surface area contributed by atoms with Crippen LogP contribution in [0.15, 0.2) is 0 Å². The quantitative estimate of drug-likeness (QED) is 0.525. The second kappa shape index (κ2) is 1.90. The highest BCUT2D eigenvalue weighted by atomic mass is 16.2. The Morgan fingerprint density at radius 1 is 1.00 bits per heavy atom. The van der Waals surface area contributed by atoms with Crippen molar-refractivity contribution in [2.45, 2.75) is 19.3 Å². The van der Waals surface area contributed by atoms with Crippen molar-refractivity contribution < 1.29 is 9.59 Å². The Bertz CT molecular complexity index is 248. The standard InChI is InChI=1S/C9H11NO2/c11-8-6-4-1-2-5(3-4)7(6)9(12)10-8/h4-7H,1-3H2,(H,10,11,12)/t4-,5-,6-,7-/m0/s1. The first kappa shape index (κ1) is 6.63. The number of hydrogen-bond acceptors (Lipinski definition) is 2. The molecule has 0 aromatic heterocycles. The molecule has 0 aromatic carbocycles. The largest absolute Gasteiger partial charge is 0.296 e. The zero-order valence-electron chi connectivity index (χ0n) is 6.75. The van der Waals surface area contributed by atoms with Crippen LogP contribution in [0.1, 0.15) is 19.3 Å². The van der Waals surface area contributed by atoms with Crippen molar-refractivity contribution in [2.24, 2.45) is 23.7 Å². The molecule has 2 saturated carbocycles. The van der Waals surface area contributed by atoms with E-state index in [4.69, 9.17) is 0 Å². The lowest BCUT2D eigenvalue weighted by molar-refractivity contribution is -0.126. The maximum atomic E-state index is 11.3. The molecule has 2 aliphatic carbocycles. The van der Waals surface area contributed by atoms with E-state index in [1.807, 2.05) is 0 Å². The Balaban J connectivity index is 2.03. The summed E-state index contributed by atoms with van der Waals surface area (Å²) < 4.78 is 0. The van der Waals surface area contributed by atoms with Crippen LogP contribution in [0, 0.1) is 23.7 Å². The van der Waals surface area contributed by atoms with E-state index in [2.05, 4.69) is 5.32 Å². The third kappa shape index (κ3) is 0.586. The van der Waals surface area contributed by atoms with Crippen molar-refractivity contribution in [3.05, 3.63) is 0 Å². The predicted octanol–water partition coefficient (Wildman–Crippen LogP) is 0.305. The van der Waals surface area contributed by atoms with E-state index in [-0.39, 0.29) is 23.7 Å². The average Bonchev–Trinajstić information content (AvgIpc) is 2.64. The predicted molar refractivity (Wildman–Crippen MR) is 41.0 cm³/mol. The molecule has 1 heterocycles. The summed E-state index contributed by atoms with van der Waals surface area (Å²) in [7, 11) is 0. The van der Waals surface area contributed by atoms with Crippen molar-refractivity contribution in [1.29, 1.82) is 0 Å². The van der Waals surface area contributed by atoms with Gasteiger partial charge in [-0.05, 0) is 31.1 Å². The van der Waals surface area contributed by atoms with Crippen LogP contribution in [0.25, 0.3) is 0 Å². The van der Waals surface area contributed by atoms with E-state index >= 15 is 0 Å². The molecule has 0 radical (unpaired) electrons. The van der Waals surface area contributed by atoms with Crippen molar-refractivity contribution >= 4 is 11.8 Å². The van der Waals surface area contributed by atoms with Gasteiger partial charge in [-0.3, -0.25) is 14.9 Å². The number of carbonyl (C=O) groups is 2. The van der Waals surface area contributed by atoms with E-state index in [9.17, 15) is 9.59 Å². The third-order valence-corrected chi connectivity index (χ3v) is 3.77. The minimum atomic E-state index is -0.00259. The van der Waals surface area contributed by atoms with Crippen LogP contribution >= 0.6 is 0 Å². The molecule has 3 aliphatic rings. The zero-order chi connectivity index (χ0) is 8.29. The van der Waals surface area contributed by atoms with Gasteiger partial charge in [0.05, 0.1) is 11.8 Å². The van der Waals surface area contributed by atoms with Gasteiger partial charge in [0.2, 0.25) is 11.8 Å². The van der Waals surface area contributed by atoms with Crippen molar-refractivity contribution in [3.63, 3.8) is 0 Å². The Morgan fingerprint density at radius 3 is 2.00 bits per heavy atom. The van der Waals surface area contributed by atoms with Gasteiger partial charge in [-0.2, -0.15) is 0 Å². The smallest absolute Gasteiger partial charge is 0.230 e. The number of amides is 2. The number of carbonyl (C=O) groups excluding carboxylic acids is 2. The van der Waals surface area contributed by atoms with E-state index in [0.29, 0.717) is 11.8 Å². The molecule has 2 amide bonds. The molecule has 64 valence electrons. The summed E-state index contributed by atoms with van der Waals surface area (Å²) in [6.45, 7) is 0. The number of nitrogens with one attached hydrogen (secondary N) is 1. The molecule has 2 bridgehead atoms. The first-order chi connectivity index (χ1) is 5.77. The molecule has 0 spiro atoms. The summed E-state index contributed by atoms with van der Waals surface area (Å²) in [5.74, 6) is 1.14. The Kier molecular flexibility index (Phi) is 1.05. The van der Waals surface area contributed by atoms with Gasteiger partial charge < -0.3 is 0 Å². The molecule has 1 N–H and O–H groups in total. The average molecular weight is 165 g/mol. The van der Waals surface area contributed by atoms with E-state index in [1.54, 1.807) is 0 Å². The van der Waals surface area contributed by atoms with E-state index in [0.717, 1.165) is 19.3 Å². The number of rotatable bonds is 0. The van der Waals surface area contributed by atoms with Gasteiger partial charge in [0.25, 0.3) is 0 Å². The van der Waals surface area contributed by atoms with Gasteiger partial charge in [-0.25, -0.2) is 0 Å². The molecule has 0 aromatic rings. The fraction of sp³-hybridized carbons (Fsp3) is 0.778. The summed E-state index contributed by atoms with van der Waals surface area (Å²) in [6.07, 6.45) is 3.44. The highest BCUT2D eigenvalue weighted by Crippen LogP contribution is 2.54. The molecule has 0 unspecified atom stereocenters. The monoisotopic (exact) mass is 165 g/mol. The van der Waals surface area contributed by atoms with Gasteiger partial charge in [0.1, 0.15) is 0 Å². The lowest BCUT2D eigenvalue weighted by Crippen LogP contribution is -2.24. The third-order valence-electron chi connectivity index (χ3n) is 3.77. The fourth-order valence-electron chi connectivity index (χ4n) is 3.33. The van der Waals surface area contributed by atoms with Crippen molar-refractivity contribution in [3.8, 4) is 0 Å². The molecule has 3 rings (SSSR count). The molecule has 3 fully saturated rings. The van der Waals surface area contributed by atoms with E-state index < -0.39 is 0 Å².